The average molecular weight is 1170 g/mol. The summed E-state index contributed by atoms with van der Waals surface area (Å²) in [6.07, 6.45) is -0.471. The number of amides is 5. The van der Waals surface area contributed by atoms with Crippen LogP contribution in [0.25, 0.3) is 43.4 Å². The van der Waals surface area contributed by atoms with Crippen LogP contribution in [0.4, 0.5) is 5.82 Å². The summed E-state index contributed by atoms with van der Waals surface area (Å²) in [5, 5.41) is 34.8. The highest BCUT2D eigenvalue weighted by Gasteiger charge is 2.33. The van der Waals surface area contributed by atoms with E-state index < -0.39 is 70.3 Å². The number of hydrogen-bond acceptors (Lipinski definition) is 22. The number of carbonyl (C=O) groups excluding carboxylic acids is 5. The maximum Gasteiger partial charge on any atom is 0.271 e. The molecule has 0 radical (unpaired) electrons. The minimum absolute atomic E-state index is 0.00261. The third-order valence-corrected chi connectivity index (χ3v) is 17.8. The van der Waals surface area contributed by atoms with E-state index in [1.165, 1.54) is 59.5 Å². The molecule has 29 heteroatoms. The van der Waals surface area contributed by atoms with Gasteiger partial charge in [-0.05, 0) is 30.5 Å². The average Bonchev–Trinajstić information content (AvgIpc) is 4.31. The van der Waals surface area contributed by atoms with Gasteiger partial charge in [0.05, 0.1) is 48.5 Å². The van der Waals surface area contributed by atoms with Gasteiger partial charge in [-0.15, -0.1) is 68.0 Å². The number of aliphatic hydroxyl groups is 1. The lowest BCUT2D eigenvalue weighted by Crippen LogP contribution is -2.40. The van der Waals surface area contributed by atoms with Gasteiger partial charge in [0.25, 0.3) is 17.7 Å². The largest absolute Gasteiger partial charge is 0.386 e. The Morgan fingerprint density at radius 1 is 0.727 bits per heavy atom. The Morgan fingerprint density at radius 3 is 2.17 bits per heavy atom. The fourth-order valence-corrected chi connectivity index (χ4v) is 13.9. The number of fused-ring (bicyclic) bond motifs is 14. The summed E-state index contributed by atoms with van der Waals surface area (Å²) in [7, 11) is -0.693. The van der Waals surface area contributed by atoms with Crippen molar-refractivity contribution < 1.29 is 42.2 Å². The first-order chi connectivity index (χ1) is 36.9. The molecule has 1 aromatic carbocycles. The van der Waals surface area contributed by atoms with E-state index in [0.29, 0.717) is 68.7 Å². The predicted molar refractivity (Wildman–Crippen MR) is 295 cm³/mol. The zero-order valence-corrected chi connectivity index (χ0v) is 47.3. The first-order valence-corrected chi connectivity index (χ1v) is 30.3. The Kier molecular flexibility index (Phi) is 16.7. The van der Waals surface area contributed by atoms with Crippen molar-refractivity contribution in [2.45, 2.75) is 58.0 Å². The summed E-state index contributed by atoms with van der Waals surface area (Å²) >= 11 is 7.07. The first-order valence-electron chi connectivity index (χ1n) is 23.3. The molecule has 8 heterocycles. The number of methoxy groups -OCH3 is 1. The molecule has 7 aromatic heterocycles. The van der Waals surface area contributed by atoms with Crippen LogP contribution in [-0.4, -0.2) is 105 Å². The molecule has 1 aliphatic heterocycles. The number of aryl methyl sites for hydroxylation is 1. The summed E-state index contributed by atoms with van der Waals surface area (Å²) < 4.78 is 31.9. The summed E-state index contributed by atoms with van der Waals surface area (Å²) in [5.74, 6) is -3.02. The lowest BCUT2D eigenvalue weighted by Gasteiger charge is -2.23. The second-order valence-corrected chi connectivity index (χ2v) is 25.1. The Balaban J connectivity index is 1.14. The van der Waals surface area contributed by atoms with Crippen molar-refractivity contribution in [3.05, 3.63) is 111 Å². The van der Waals surface area contributed by atoms with E-state index in [2.05, 4.69) is 46.3 Å². The number of hydrogen-bond donors (Lipinski definition) is 7. The van der Waals surface area contributed by atoms with Crippen LogP contribution in [0.5, 0.6) is 0 Å². The molecule has 0 saturated carbocycles. The molecule has 1 aliphatic rings. The molecule has 0 aliphatic carbocycles. The van der Waals surface area contributed by atoms with Crippen LogP contribution in [0, 0.1) is 12.8 Å². The molecule has 0 saturated heterocycles. The van der Waals surface area contributed by atoms with Crippen LogP contribution < -0.4 is 31.3 Å². The van der Waals surface area contributed by atoms with Gasteiger partial charge < -0.3 is 36.4 Å². The number of thiazole rings is 6. The highest BCUT2D eigenvalue weighted by Crippen LogP contribution is 2.40. The van der Waals surface area contributed by atoms with E-state index in [-0.39, 0.29) is 46.9 Å². The summed E-state index contributed by atoms with van der Waals surface area (Å²) in [4.78, 5) is 103. The molecule has 4 atom stereocenters. The van der Waals surface area contributed by atoms with Crippen molar-refractivity contribution in [1.29, 1.82) is 0 Å². The van der Waals surface area contributed by atoms with Gasteiger partial charge in [-0.2, -0.15) is 0 Å². The number of anilines is 1. The smallest absolute Gasteiger partial charge is 0.271 e. The zero-order valence-electron chi connectivity index (χ0n) is 41.6. The summed E-state index contributed by atoms with van der Waals surface area (Å²) in [6, 6.07) is 9.40. The van der Waals surface area contributed by atoms with Gasteiger partial charge in [0.1, 0.15) is 76.4 Å². The van der Waals surface area contributed by atoms with Crippen LogP contribution in [0.1, 0.15) is 106 Å². The van der Waals surface area contributed by atoms with Gasteiger partial charge in [0.2, 0.25) is 21.8 Å². The third kappa shape index (κ3) is 12.6. The van der Waals surface area contributed by atoms with Gasteiger partial charge in [0, 0.05) is 46.1 Å². The van der Waals surface area contributed by atoms with Crippen molar-refractivity contribution >= 4 is 113 Å². The molecule has 0 fully saturated rings. The van der Waals surface area contributed by atoms with Gasteiger partial charge in [0.15, 0.2) is 5.82 Å². The second-order valence-electron chi connectivity index (χ2n) is 17.5. The van der Waals surface area contributed by atoms with Crippen molar-refractivity contribution in [3.8, 4) is 43.4 Å². The number of carbonyl (C=O) groups is 5. The highest BCUT2D eigenvalue weighted by molar-refractivity contribution is 7.92. The standard InChI is InChI=1S/C48H47N13O9S7/c1-21(2)34-48-60-37(30(76-48)16-70-5)41(66)50-15-33(63)57-38(39(64)23-10-8-7-9-11-23)47-55-29(19-73-47)45-53-27(17-72-45)36-24(12-13-25(51-36)44-56-31(20-74-44)61-77(6,68)69)43-54-28(18-71-43)40(65)52-26(14-32(62)49-4)46-59-35(22(3)75-46)42(67)58-34/h7-13,17-21,26,34,38-39,61,64H,14-16H2,1-6H3,(H,49,62)(H,50,66)(H,52,65)(H,57,63)(H,58,67)/t26-,34-,38-,39-/m0/s1. The molecule has 8 aromatic rings. The van der Waals surface area contributed by atoms with Crippen molar-refractivity contribution in [3.63, 3.8) is 0 Å². The maximum atomic E-state index is 14.2. The number of nitrogens with one attached hydrogen (secondary N) is 6. The fraction of sp³-hybridized carbons (Fsp3) is 0.292. The number of ether oxygens (including phenoxy) is 1. The zero-order chi connectivity index (χ0) is 54.7. The van der Waals surface area contributed by atoms with Crippen LogP contribution in [0.2, 0.25) is 0 Å². The summed E-state index contributed by atoms with van der Waals surface area (Å²) in [5.41, 5.74) is 2.61. The molecule has 7 N–H and O–H groups in total. The Morgan fingerprint density at radius 2 is 1.43 bits per heavy atom. The van der Waals surface area contributed by atoms with E-state index in [1.807, 2.05) is 13.8 Å². The minimum atomic E-state index is -3.63. The molecule has 5 amide bonds. The van der Waals surface area contributed by atoms with Gasteiger partial charge in [-0.3, -0.25) is 28.7 Å². The van der Waals surface area contributed by atoms with Crippen molar-refractivity contribution in [2.75, 3.05) is 31.7 Å². The molecular weight excluding hydrogens is 1130 g/mol. The van der Waals surface area contributed by atoms with E-state index >= 15 is 0 Å². The number of sulfonamides is 1. The molecule has 22 nitrogen and oxygen atoms in total. The van der Waals surface area contributed by atoms with Crippen LogP contribution in [0.15, 0.2) is 64.0 Å². The quantitative estimate of drug-likeness (QED) is 0.0751. The van der Waals surface area contributed by atoms with Crippen LogP contribution >= 0.6 is 68.0 Å². The molecule has 400 valence electrons. The topological polar surface area (TPSA) is 311 Å². The number of benzene rings is 1. The Labute approximate surface area is 464 Å². The lowest BCUT2D eigenvalue weighted by molar-refractivity contribution is -0.122. The predicted octanol–water partition coefficient (Wildman–Crippen LogP) is 6.68. The number of aliphatic hydroxyl groups excluding tert-OH is 1. The van der Waals surface area contributed by atoms with E-state index in [1.54, 1.807) is 70.9 Å². The van der Waals surface area contributed by atoms with Crippen LogP contribution in [0.3, 0.4) is 0 Å². The second kappa shape index (κ2) is 23.4. The molecular formula is C48H47N13O9S7. The third-order valence-electron chi connectivity index (χ3n) is 11.5. The summed E-state index contributed by atoms with van der Waals surface area (Å²) in [6.45, 7) is 4.95. The number of nitrogens with zero attached hydrogens (tertiary/aromatic N) is 7. The normalized spacial score (nSPS) is 17.0. The van der Waals surface area contributed by atoms with Gasteiger partial charge in [-0.25, -0.2) is 43.3 Å². The monoisotopic (exact) mass is 1170 g/mol. The van der Waals surface area contributed by atoms with Gasteiger partial charge in [-0.1, -0.05) is 44.2 Å². The van der Waals surface area contributed by atoms with Gasteiger partial charge >= 0.3 is 0 Å². The SMILES string of the molecule is CNC(=O)C[C@@H]1NC(=O)c2csc(n2)-c2ccc(-c3nc(NS(C)(=O)=O)cs3)nc2-c2csc(n2)-c2csc(n2)[C@H]([C@@H](O)c2ccccc2)NC(=O)CNC(=O)c2nc(sc2COC)[C@H](C(C)C)NC(=O)c2nc1sc2C. The van der Waals surface area contributed by atoms with Crippen molar-refractivity contribution in [1.82, 2.24) is 61.5 Å². The van der Waals surface area contributed by atoms with E-state index in [0.717, 1.165) is 28.9 Å². The van der Waals surface area contributed by atoms with Crippen molar-refractivity contribution in [2.24, 2.45) is 5.92 Å². The molecule has 0 spiro atoms. The Bertz CT molecular complexity index is 3620. The molecule has 10 bridgehead atoms. The van der Waals surface area contributed by atoms with E-state index in [4.69, 9.17) is 24.7 Å². The number of aromatic nitrogens is 7. The maximum absolute atomic E-state index is 14.2. The number of pyridine rings is 1. The Hall–Kier alpha value is -6.83. The van der Waals surface area contributed by atoms with Crippen LogP contribution in [-0.2, 0) is 31.0 Å². The molecule has 9 rings (SSSR count). The molecule has 0 unspecified atom stereocenters. The fourth-order valence-electron chi connectivity index (χ4n) is 7.82. The number of rotatable bonds is 10. The highest BCUT2D eigenvalue weighted by atomic mass is 32.2. The first kappa shape index (κ1) is 54.9. The molecule has 77 heavy (non-hydrogen) atoms. The van der Waals surface area contributed by atoms with E-state index in [9.17, 15) is 37.5 Å². The minimum Gasteiger partial charge on any atom is -0.386 e. The lowest BCUT2D eigenvalue weighted by atomic mass is 10.0.